The number of furan rings is 1. The van der Waals surface area contributed by atoms with Crippen LogP contribution in [-0.2, 0) is 4.79 Å². The van der Waals surface area contributed by atoms with Crippen LogP contribution in [0.4, 0.5) is 0 Å². The Labute approximate surface area is 156 Å². The zero-order valence-electron chi connectivity index (χ0n) is 14.5. The van der Waals surface area contributed by atoms with Crippen molar-refractivity contribution in [2.24, 2.45) is 5.10 Å². The van der Waals surface area contributed by atoms with E-state index in [9.17, 15) is 9.59 Å². The van der Waals surface area contributed by atoms with Crippen molar-refractivity contribution < 1.29 is 14.0 Å². The number of rotatable bonds is 7. The topological polar surface area (TPSA) is 83.7 Å². The zero-order valence-corrected chi connectivity index (χ0v) is 14.5. The normalized spacial score (nSPS) is 11.9. The molecule has 1 heterocycles. The molecule has 3 rings (SSSR count). The molecule has 1 aromatic heterocycles. The number of amides is 2. The van der Waals surface area contributed by atoms with E-state index in [2.05, 4.69) is 15.8 Å². The Bertz CT molecular complexity index is 891. The summed E-state index contributed by atoms with van der Waals surface area (Å²) in [6.07, 6.45) is 2.99. The maximum absolute atomic E-state index is 12.5. The lowest BCUT2D eigenvalue weighted by Crippen LogP contribution is -2.32. The number of carbonyl (C=O) groups is 2. The lowest BCUT2D eigenvalue weighted by atomic mass is 10.0. The third-order valence-electron chi connectivity index (χ3n) is 3.86. The van der Waals surface area contributed by atoms with Crippen molar-refractivity contribution in [3.8, 4) is 0 Å². The largest absolute Gasteiger partial charge is 0.463 e. The molecule has 0 radical (unpaired) electrons. The number of hydrogen-bond donors (Lipinski definition) is 2. The van der Waals surface area contributed by atoms with Crippen LogP contribution < -0.4 is 10.7 Å². The minimum absolute atomic E-state index is 0.0537. The Kier molecular flexibility index (Phi) is 6.14. The molecule has 0 aliphatic rings. The molecule has 6 nitrogen and oxygen atoms in total. The van der Waals surface area contributed by atoms with Gasteiger partial charge in [0.15, 0.2) is 0 Å². The van der Waals surface area contributed by atoms with E-state index in [0.717, 1.165) is 5.56 Å². The number of nitrogens with zero attached hydrogens (tertiary/aromatic N) is 1. The van der Waals surface area contributed by atoms with Crippen LogP contribution in [0.2, 0.25) is 0 Å². The van der Waals surface area contributed by atoms with Gasteiger partial charge in [-0.25, -0.2) is 5.43 Å². The highest BCUT2D eigenvalue weighted by Gasteiger charge is 2.19. The lowest BCUT2D eigenvalue weighted by Gasteiger charge is -2.18. The molecule has 0 spiro atoms. The molecule has 0 saturated carbocycles. The van der Waals surface area contributed by atoms with E-state index in [4.69, 9.17) is 4.42 Å². The van der Waals surface area contributed by atoms with Gasteiger partial charge in [-0.3, -0.25) is 9.59 Å². The molecule has 0 fully saturated rings. The monoisotopic (exact) mass is 361 g/mol. The fourth-order valence-electron chi connectivity index (χ4n) is 2.53. The Morgan fingerprint density at radius 2 is 1.67 bits per heavy atom. The van der Waals surface area contributed by atoms with Crippen molar-refractivity contribution in [3.63, 3.8) is 0 Å². The third kappa shape index (κ3) is 5.40. The van der Waals surface area contributed by atoms with Gasteiger partial charge in [-0.15, -0.1) is 0 Å². The van der Waals surface area contributed by atoms with Gasteiger partial charge in [-0.2, -0.15) is 5.10 Å². The molecule has 0 aliphatic heterocycles. The fourth-order valence-corrected chi connectivity index (χ4v) is 2.53. The number of nitrogens with one attached hydrogen (secondary N) is 2. The highest BCUT2D eigenvalue weighted by molar-refractivity contribution is 5.94. The standard InChI is InChI=1S/C21H19N3O3/c25-20(24-22-15-18-12-7-13-27-18)14-19(16-8-3-1-4-9-16)23-21(26)17-10-5-2-6-11-17/h1-13,15,19H,14H2,(H,23,26)(H,24,25). The summed E-state index contributed by atoms with van der Waals surface area (Å²) in [6, 6.07) is 21.2. The number of benzene rings is 2. The quantitative estimate of drug-likeness (QED) is 0.500. The van der Waals surface area contributed by atoms with Crippen molar-refractivity contribution in [1.82, 2.24) is 10.7 Å². The van der Waals surface area contributed by atoms with Crippen LogP contribution in [0.5, 0.6) is 0 Å². The Morgan fingerprint density at radius 1 is 0.963 bits per heavy atom. The predicted molar refractivity (Wildman–Crippen MR) is 102 cm³/mol. The summed E-state index contributed by atoms with van der Waals surface area (Å²) in [5.41, 5.74) is 3.83. The maximum Gasteiger partial charge on any atom is 0.251 e. The Morgan fingerprint density at radius 3 is 2.33 bits per heavy atom. The van der Waals surface area contributed by atoms with Crippen LogP contribution in [0.3, 0.4) is 0 Å². The number of hydrazone groups is 1. The zero-order chi connectivity index (χ0) is 18.9. The SMILES string of the molecule is O=C(CC(NC(=O)c1ccccc1)c1ccccc1)NN=Cc1ccco1. The summed E-state index contributed by atoms with van der Waals surface area (Å²) >= 11 is 0. The molecule has 2 aromatic carbocycles. The predicted octanol–water partition coefficient (Wildman–Crippen LogP) is 3.29. The van der Waals surface area contributed by atoms with Gasteiger partial charge in [0.1, 0.15) is 5.76 Å². The van der Waals surface area contributed by atoms with E-state index in [1.165, 1.54) is 12.5 Å². The first-order valence-electron chi connectivity index (χ1n) is 8.48. The van der Waals surface area contributed by atoms with Gasteiger partial charge in [0.2, 0.25) is 5.91 Å². The minimum Gasteiger partial charge on any atom is -0.463 e. The van der Waals surface area contributed by atoms with Crippen LogP contribution in [0, 0.1) is 0 Å². The van der Waals surface area contributed by atoms with E-state index < -0.39 is 6.04 Å². The van der Waals surface area contributed by atoms with E-state index in [1.54, 1.807) is 36.4 Å². The first-order valence-corrected chi connectivity index (χ1v) is 8.48. The van der Waals surface area contributed by atoms with Gasteiger partial charge in [0, 0.05) is 5.56 Å². The van der Waals surface area contributed by atoms with Gasteiger partial charge < -0.3 is 9.73 Å². The lowest BCUT2D eigenvalue weighted by molar-refractivity contribution is -0.121. The smallest absolute Gasteiger partial charge is 0.251 e. The van der Waals surface area contributed by atoms with Gasteiger partial charge in [0.05, 0.1) is 24.9 Å². The van der Waals surface area contributed by atoms with Crippen molar-refractivity contribution >= 4 is 18.0 Å². The molecule has 0 bridgehead atoms. The maximum atomic E-state index is 12.5. The molecule has 3 aromatic rings. The Balaban J connectivity index is 1.66. The molecular weight excluding hydrogens is 342 g/mol. The summed E-state index contributed by atoms with van der Waals surface area (Å²) in [6.45, 7) is 0. The van der Waals surface area contributed by atoms with Gasteiger partial charge in [-0.1, -0.05) is 48.5 Å². The Hall–Kier alpha value is -3.67. The van der Waals surface area contributed by atoms with Crippen molar-refractivity contribution in [3.05, 3.63) is 95.9 Å². The summed E-state index contributed by atoms with van der Waals surface area (Å²) < 4.78 is 5.11. The molecule has 1 atom stereocenters. The second-order valence-corrected chi connectivity index (χ2v) is 5.82. The molecule has 1 unspecified atom stereocenters. The van der Waals surface area contributed by atoms with Crippen LogP contribution in [0.25, 0.3) is 0 Å². The first kappa shape index (κ1) is 18.1. The summed E-state index contributed by atoms with van der Waals surface area (Å²) in [4.78, 5) is 24.8. The average molecular weight is 361 g/mol. The first-order chi connectivity index (χ1) is 13.2. The molecule has 136 valence electrons. The molecule has 0 aliphatic carbocycles. The van der Waals surface area contributed by atoms with Crippen LogP contribution >= 0.6 is 0 Å². The van der Waals surface area contributed by atoms with E-state index >= 15 is 0 Å². The molecule has 27 heavy (non-hydrogen) atoms. The van der Waals surface area contributed by atoms with Gasteiger partial charge in [-0.05, 0) is 29.8 Å². The molecule has 2 amide bonds. The van der Waals surface area contributed by atoms with Crippen LogP contribution in [-0.4, -0.2) is 18.0 Å². The second kappa shape index (κ2) is 9.15. The number of carbonyl (C=O) groups excluding carboxylic acids is 2. The highest BCUT2D eigenvalue weighted by Crippen LogP contribution is 2.17. The molecule has 6 heteroatoms. The van der Waals surface area contributed by atoms with Crippen LogP contribution in [0.1, 0.15) is 34.1 Å². The minimum atomic E-state index is -0.474. The molecule has 0 saturated heterocycles. The van der Waals surface area contributed by atoms with Crippen LogP contribution in [0.15, 0.2) is 88.6 Å². The summed E-state index contributed by atoms with van der Waals surface area (Å²) in [7, 11) is 0. The summed E-state index contributed by atoms with van der Waals surface area (Å²) in [5.74, 6) is -0.0244. The highest BCUT2D eigenvalue weighted by atomic mass is 16.3. The van der Waals surface area contributed by atoms with Gasteiger partial charge in [0.25, 0.3) is 5.91 Å². The van der Waals surface area contributed by atoms with E-state index in [1.807, 2.05) is 36.4 Å². The number of hydrogen-bond acceptors (Lipinski definition) is 4. The van der Waals surface area contributed by atoms with Crippen molar-refractivity contribution in [1.29, 1.82) is 0 Å². The van der Waals surface area contributed by atoms with E-state index in [-0.39, 0.29) is 18.2 Å². The molecule has 2 N–H and O–H groups in total. The average Bonchev–Trinajstić information content (AvgIpc) is 3.22. The third-order valence-corrected chi connectivity index (χ3v) is 3.86. The van der Waals surface area contributed by atoms with Gasteiger partial charge >= 0.3 is 0 Å². The van der Waals surface area contributed by atoms with Crippen molar-refractivity contribution in [2.75, 3.05) is 0 Å². The second-order valence-electron chi connectivity index (χ2n) is 5.82. The van der Waals surface area contributed by atoms with E-state index in [0.29, 0.717) is 11.3 Å². The van der Waals surface area contributed by atoms with Crippen molar-refractivity contribution in [2.45, 2.75) is 12.5 Å². The fraction of sp³-hybridized carbons (Fsp3) is 0.0952. The molecular formula is C21H19N3O3. The summed E-state index contributed by atoms with van der Waals surface area (Å²) in [5, 5.41) is 6.78.